The van der Waals surface area contributed by atoms with Crippen LogP contribution in [0, 0.1) is 5.82 Å². The van der Waals surface area contributed by atoms with Gasteiger partial charge in [0.1, 0.15) is 5.82 Å². The third-order valence-electron chi connectivity index (χ3n) is 1.45. The summed E-state index contributed by atoms with van der Waals surface area (Å²) in [5.41, 5.74) is 2.28. The molecule has 0 radical (unpaired) electrons. The number of nitrogens with one attached hydrogen (secondary N) is 1. The number of hydrogen-bond acceptors (Lipinski definition) is 6. The highest BCUT2D eigenvalue weighted by Gasteiger charge is 2.28. The minimum atomic E-state index is -4.03. The van der Waals surface area contributed by atoms with Crippen molar-refractivity contribution in [3.05, 3.63) is 30.1 Å². The minimum Gasteiger partial charge on any atom is -0.207 e. The van der Waals surface area contributed by atoms with E-state index in [1.807, 2.05) is 5.59 Å². The molecule has 1 aliphatic heterocycles. The third kappa shape index (κ3) is 1.82. The Morgan fingerprint density at radius 2 is 1.93 bits per heavy atom. The van der Waals surface area contributed by atoms with Gasteiger partial charge in [0, 0.05) is 0 Å². The Hall–Kier alpha value is -1.22. The van der Waals surface area contributed by atoms with Crippen molar-refractivity contribution in [2.45, 2.75) is 0 Å². The van der Waals surface area contributed by atoms with Crippen LogP contribution in [0.5, 0.6) is 0 Å². The predicted molar refractivity (Wildman–Crippen MR) is 43.1 cm³/mol. The monoisotopic (exact) mass is 220 g/mol. The number of nitrogens with zero attached hydrogens (tertiary/aromatic N) is 1. The lowest BCUT2D eigenvalue weighted by molar-refractivity contribution is 0.198. The summed E-state index contributed by atoms with van der Waals surface area (Å²) < 4.78 is 42.2. The van der Waals surface area contributed by atoms with Gasteiger partial charge in [-0.25, -0.2) is 4.39 Å². The number of rotatable bonds is 1. The van der Waals surface area contributed by atoms with Gasteiger partial charge in [0.2, 0.25) is 0 Å². The molecule has 8 heteroatoms. The van der Waals surface area contributed by atoms with E-state index in [1.54, 1.807) is 0 Å². The summed E-state index contributed by atoms with van der Waals surface area (Å²) in [6.07, 6.45) is 0. The van der Waals surface area contributed by atoms with Crippen molar-refractivity contribution in [2.75, 3.05) is 5.17 Å². The molecule has 6 nitrogen and oxygen atoms in total. The zero-order chi connectivity index (χ0) is 10.2. The lowest BCUT2D eigenvalue weighted by Crippen LogP contribution is -2.28. The molecule has 1 aliphatic rings. The first kappa shape index (κ1) is 9.34. The smallest absolute Gasteiger partial charge is 0.207 e. The topological polar surface area (TPSA) is 67.9 Å². The van der Waals surface area contributed by atoms with Crippen LogP contribution in [0.15, 0.2) is 24.3 Å². The largest absolute Gasteiger partial charge is 0.440 e. The van der Waals surface area contributed by atoms with Crippen LogP contribution in [0.4, 0.5) is 10.1 Å². The number of anilines is 1. The molecular weight excluding hydrogens is 215 g/mol. The van der Waals surface area contributed by atoms with Crippen molar-refractivity contribution in [1.29, 1.82) is 0 Å². The van der Waals surface area contributed by atoms with Crippen LogP contribution in [0.3, 0.4) is 0 Å². The van der Waals surface area contributed by atoms with Crippen LogP contribution in [0.2, 0.25) is 0 Å². The second-order valence-electron chi connectivity index (χ2n) is 2.43. The summed E-state index contributed by atoms with van der Waals surface area (Å²) in [6, 6.07) is 4.97. The van der Waals surface area contributed by atoms with Gasteiger partial charge in [0.25, 0.3) is 0 Å². The molecule has 0 amide bonds. The Balaban J connectivity index is 2.22. The molecule has 1 aromatic rings. The second kappa shape index (κ2) is 3.17. The van der Waals surface area contributed by atoms with E-state index in [2.05, 4.69) is 8.57 Å². The molecule has 0 aliphatic carbocycles. The van der Waals surface area contributed by atoms with E-state index in [0.717, 1.165) is 17.3 Å². The summed E-state index contributed by atoms with van der Waals surface area (Å²) in [5.74, 6) is -0.434. The summed E-state index contributed by atoms with van der Waals surface area (Å²) >= 11 is 0. The summed E-state index contributed by atoms with van der Waals surface area (Å²) in [6.45, 7) is 0. The average Bonchev–Trinajstić information content (AvgIpc) is 2.47. The molecule has 0 atom stereocenters. The Morgan fingerprint density at radius 1 is 1.29 bits per heavy atom. The van der Waals surface area contributed by atoms with Crippen LogP contribution in [-0.4, -0.2) is 8.42 Å². The molecule has 76 valence electrons. The Labute approximate surface area is 79.0 Å². The molecule has 14 heavy (non-hydrogen) atoms. The Morgan fingerprint density at radius 3 is 2.43 bits per heavy atom. The molecule has 0 aromatic heterocycles. The number of hydrogen-bond donors (Lipinski definition) is 1. The quantitative estimate of drug-likeness (QED) is 0.732. The summed E-state index contributed by atoms with van der Waals surface area (Å²) in [4.78, 5) is 0. The summed E-state index contributed by atoms with van der Waals surface area (Å²) in [7, 11) is -4.03. The van der Waals surface area contributed by atoms with Crippen molar-refractivity contribution >= 4 is 16.1 Å². The van der Waals surface area contributed by atoms with E-state index in [9.17, 15) is 12.8 Å². The van der Waals surface area contributed by atoms with E-state index in [4.69, 9.17) is 0 Å². The van der Waals surface area contributed by atoms with Crippen LogP contribution < -0.4 is 10.8 Å². The minimum absolute atomic E-state index is 0.299. The molecule has 0 bridgehead atoms. The van der Waals surface area contributed by atoms with Gasteiger partial charge in [-0.2, -0.15) is 8.42 Å². The van der Waals surface area contributed by atoms with Crippen molar-refractivity contribution in [1.82, 2.24) is 5.59 Å². The molecule has 0 spiro atoms. The molecule has 1 aromatic carbocycles. The van der Waals surface area contributed by atoms with E-state index in [1.165, 1.54) is 12.1 Å². The van der Waals surface area contributed by atoms with Crippen LogP contribution in [0.25, 0.3) is 0 Å². The molecular formula is C6H5FN2O4S. The molecule has 1 heterocycles. The van der Waals surface area contributed by atoms with Gasteiger partial charge in [-0.1, -0.05) is 5.59 Å². The Bertz CT molecular complexity index is 432. The lowest BCUT2D eigenvalue weighted by Gasteiger charge is -2.09. The third-order valence-corrected chi connectivity index (χ3v) is 2.06. The Kier molecular flexibility index (Phi) is 2.11. The fraction of sp³-hybridized carbons (Fsp3) is 0. The SMILES string of the molecule is O=S1(=O)ONN(c2ccc(F)cc2)O1. The number of hydrazine groups is 1. The van der Waals surface area contributed by atoms with Gasteiger partial charge in [-0.05, 0) is 24.3 Å². The van der Waals surface area contributed by atoms with Crippen molar-refractivity contribution in [3.63, 3.8) is 0 Å². The normalized spacial score (nSPS) is 19.9. The lowest BCUT2D eigenvalue weighted by atomic mass is 10.3. The van der Waals surface area contributed by atoms with E-state index >= 15 is 0 Å². The first-order valence-corrected chi connectivity index (χ1v) is 4.84. The summed E-state index contributed by atoms with van der Waals surface area (Å²) in [5, 5.41) is 0.759. The highest BCUT2D eigenvalue weighted by atomic mass is 32.3. The van der Waals surface area contributed by atoms with E-state index < -0.39 is 16.2 Å². The molecule has 1 N–H and O–H groups in total. The maximum atomic E-state index is 12.5. The van der Waals surface area contributed by atoms with Gasteiger partial charge in [0.05, 0.1) is 5.69 Å². The van der Waals surface area contributed by atoms with Gasteiger partial charge >= 0.3 is 10.4 Å². The molecule has 0 unspecified atom stereocenters. The van der Waals surface area contributed by atoms with Gasteiger partial charge in [0.15, 0.2) is 0 Å². The fourth-order valence-electron chi connectivity index (χ4n) is 0.873. The van der Waals surface area contributed by atoms with Crippen LogP contribution in [-0.2, 0) is 19.0 Å². The average molecular weight is 220 g/mol. The maximum absolute atomic E-state index is 12.5. The predicted octanol–water partition coefficient (Wildman–Crippen LogP) is 0.258. The molecule has 2 rings (SSSR count). The zero-order valence-electron chi connectivity index (χ0n) is 6.68. The van der Waals surface area contributed by atoms with Crippen LogP contribution >= 0.6 is 0 Å². The zero-order valence-corrected chi connectivity index (χ0v) is 7.49. The van der Waals surface area contributed by atoms with Crippen LogP contribution in [0.1, 0.15) is 0 Å². The molecule has 1 fully saturated rings. The van der Waals surface area contributed by atoms with Gasteiger partial charge < -0.3 is 0 Å². The molecule has 0 saturated carbocycles. The van der Waals surface area contributed by atoms with E-state index in [-0.39, 0.29) is 0 Å². The van der Waals surface area contributed by atoms with E-state index in [0.29, 0.717) is 5.69 Å². The highest BCUT2D eigenvalue weighted by Crippen LogP contribution is 2.18. The van der Waals surface area contributed by atoms with Crippen molar-refractivity contribution in [3.8, 4) is 0 Å². The molecule has 1 saturated heterocycles. The number of benzene rings is 1. The highest BCUT2D eigenvalue weighted by molar-refractivity contribution is 7.82. The van der Waals surface area contributed by atoms with Gasteiger partial charge in [-0.3, -0.25) is 0 Å². The fourth-order valence-corrected chi connectivity index (χ4v) is 1.36. The van der Waals surface area contributed by atoms with Gasteiger partial charge in [-0.15, -0.1) is 13.7 Å². The van der Waals surface area contributed by atoms with Crippen molar-refractivity contribution in [2.24, 2.45) is 0 Å². The number of halogens is 1. The standard InChI is InChI=1S/C6H5FN2O4S/c7-5-1-3-6(4-2-5)9-8-12-14(10,11)13-9/h1-4,8H. The second-order valence-corrected chi connectivity index (χ2v) is 3.56. The maximum Gasteiger partial charge on any atom is 0.440 e. The first-order chi connectivity index (χ1) is 6.57. The van der Waals surface area contributed by atoms with Crippen molar-refractivity contribution < 1.29 is 21.4 Å². The first-order valence-electron chi connectivity index (χ1n) is 3.51.